The monoisotopic (exact) mass is 164 g/mol. The zero-order valence-electron chi connectivity index (χ0n) is 7.71. The first-order valence-electron chi connectivity index (χ1n) is 4.80. The summed E-state index contributed by atoms with van der Waals surface area (Å²) >= 11 is 0. The summed E-state index contributed by atoms with van der Waals surface area (Å²) in [7, 11) is 0. The maximum absolute atomic E-state index is 3.74. The van der Waals surface area contributed by atoms with E-state index in [1.807, 2.05) is 0 Å². The van der Waals surface area contributed by atoms with Crippen LogP contribution in [0.1, 0.15) is 25.7 Å². The summed E-state index contributed by atoms with van der Waals surface area (Å²) in [5.41, 5.74) is 0. The second kappa shape index (κ2) is 5.87. The van der Waals surface area contributed by atoms with Gasteiger partial charge in [0.1, 0.15) is 0 Å². The average molecular weight is 164 g/mol. The molecule has 0 bridgehead atoms. The Balaban J connectivity index is 2.19. The lowest BCUT2D eigenvalue weighted by Gasteiger charge is -2.24. The minimum Gasteiger partial charge on any atom is -0.377 e. The summed E-state index contributed by atoms with van der Waals surface area (Å²) in [6.07, 6.45) is 13.4. The van der Waals surface area contributed by atoms with Gasteiger partial charge in [0.15, 0.2) is 0 Å². The van der Waals surface area contributed by atoms with Crippen molar-refractivity contribution in [3.05, 3.63) is 31.4 Å². The third-order valence-electron chi connectivity index (χ3n) is 2.10. The van der Waals surface area contributed by atoms with Crippen molar-refractivity contribution in [3.63, 3.8) is 0 Å². The van der Waals surface area contributed by atoms with E-state index in [-0.39, 0.29) is 0 Å². The lowest BCUT2D eigenvalue weighted by atomic mass is 10.1. The van der Waals surface area contributed by atoms with Crippen LogP contribution in [0.4, 0.5) is 0 Å². The molecular weight excluding hydrogens is 146 g/mol. The lowest BCUT2D eigenvalue weighted by molar-refractivity contribution is 0.309. The fraction of sp³-hybridized carbons (Fsp3) is 0.545. The lowest BCUT2D eigenvalue weighted by Crippen LogP contribution is -2.23. The largest absolute Gasteiger partial charge is 0.377 e. The highest BCUT2D eigenvalue weighted by Crippen LogP contribution is 2.08. The molecule has 1 fully saturated rings. The summed E-state index contributed by atoms with van der Waals surface area (Å²) in [6.45, 7) is 6.20. The van der Waals surface area contributed by atoms with Crippen LogP contribution in [0.15, 0.2) is 24.4 Å². The van der Waals surface area contributed by atoms with Crippen LogP contribution in [0.3, 0.4) is 0 Å². The van der Waals surface area contributed by atoms with E-state index in [1.54, 1.807) is 0 Å². The number of nitrogens with zero attached hydrogens (tertiary/aromatic N) is 1. The Kier molecular flexibility index (Phi) is 4.58. The maximum Gasteiger partial charge on any atom is 0.0172 e. The standard InChI is InChI=1S/C11H18N/c1-2-3-4-6-9-12-10-7-5-8-11-12/h3-4,6,9H,1-2,5,7-8,10-11H2. The summed E-state index contributed by atoms with van der Waals surface area (Å²) in [6, 6.07) is 0. The molecule has 0 saturated carbocycles. The first kappa shape index (κ1) is 9.37. The SMILES string of the molecule is [CH2]CC=CC=CN1CCCCC1. The Morgan fingerprint density at radius 3 is 2.50 bits per heavy atom. The highest BCUT2D eigenvalue weighted by atomic mass is 15.1. The van der Waals surface area contributed by atoms with E-state index in [0.717, 1.165) is 6.42 Å². The number of rotatable bonds is 3. The van der Waals surface area contributed by atoms with Crippen LogP contribution >= 0.6 is 0 Å². The number of hydrogen-bond acceptors (Lipinski definition) is 1. The van der Waals surface area contributed by atoms with E-state index < -0.39 is 0 Å². The van der Waals surface area contributed by atoms with Crippen LogP contribution in [0, 0.1) is 6.92 Å². The van der Waals surface area contributed by atoms with Gasteiger partial charge in [-0.05, 0) is 44.9 Å². The number of piperidine rings is 1. The molecule has 1 heteroatoms. The molecule has 1 aliphatic heterocycles. The van der Waals surface area contributed by atoms with Crippen molar-refractivity contribution in [2.75, 3.05) is 13.1 Å². The van der Waals surface area contributed by atoms with Crippen LogP contribution < -0.4 is 0 Å². The second-order valence-corrected chi connectivity index (χ2v) is 3.15. The molecule has 0 atom stereocenters. The van der Waals surface area contributed by atoms with Gasteiger partial charge >= 0.3 is 0 Å². The van der Waals surface area contributed by atoms with Crippen LogP contribution in [-0.4, -0.2) is 18.0 Å². The van der Waals surface area contributed by atoms with Gasteiger partial charge in [-0.2, -0.15) is 0 Å². The second-order valence-electron chi connectivity index (χ2n) is 3.15. The zero-order chi connectivity index (χ0) is 8.65. The van der Waals surface area contributed by atoms with Gasteiger partial charge in [-0.15, -0.1) is 0 Å². The minimum absolute atomic E-state index is 0.879. The van der Waals surface area contributed by atoms with E-state index in [4.69, 9.17) is 0 Å². The fourth-order valence-corrected chi connectivity index (χ4v) is 1.41. The molecule has 67 valence electrons. The summed E-state index contributed by atoms with van der Waals surface area (Å²) in [4.78, 5) is 2.39. The van der Waals surface area contributed by atoms with Gasteiger partial charge in [0.2, 0.25) is 0 Å². The third-order valence-corrected chi connectivity index (χ3v) is 2.10. The molecule has 1 heterocycles. The minimum atomic E-state index is 0.879. The van der Waals surface area contributed by atoms with Gasteiger partial charge in [0, 0.05) is 13.1 Å². The van der Waals surface area contributed by atoms with Gasteiger partial charge in [-0.3, -0.25) is 0 Å². The van der Waals surface area contributed by atoms with E-state index in [1.165, 1.54) is 32.4 Å². The predicted octanol–water partition coefficient (Wildman–Crippen LogP) is 2.77. The topological polar surface area (TPSA) is 3.24 Å². The molecule has 0 N–H and O–H groups in total. The Morgan fingerprint density at radius 2 is 1.83 bits per heavy atom. The highest BCUT2D eigenvalue weighted by Gasteiger charge is 2.03. The molecule has 12 heavy (non-hydrogen) atoms. The summed E-state index contributed by atoms with van der Waals surface area (Å²) < 4.78 is 0. The highest BCUT2D eigenvalue weighted by molar-refractivity contribution is 5.02. The van der Waals surface area contributed by atoms with Gasteiger partial charge in [0.05, 0.1) is 0 Å². The van der Waals surface area contributed by atoms with Gasteiger partial charge in [-0.1, -0.05) is 12.2 Å². The fourth-order valence-electron chi connectivity index (χ4n) is 1.41. The molecule has 0 aromatic carbocycles. The van der Waals surface area contributed by atoms with E-state index in [2.05, 4.69) is 36.3 Å². The van der Waals surface area contributed by atoms with Crippen molar-refractivity contribution in [3.8, 4) is 0 Å². The molecular formula is C11H18N. The molecule has 0 aliphatic carbocycles. The molecule has 1 nitrogen and oxygen atoms in total. The van der Waals surface area contributed by atoms with Crippen molar-refractivity contribution >= 4 is 0 Å². The van der Waals surface area contributed by atoms with Crippen molar-refractivity contribution in [1.29, 1.82) is 0 Å². The van der Waals surface area contributed by atoms with E-state index in [9.17, 15) is 0 Å². The molecule has 1 saturated heterocycles. The van der Waals surface area contributed by atoms with Gasteiger partial charge < -0.3 is 4.90 Å². The van der Waals surface area contributed by atoms with Crippen molar-refractivity contribution in [2.24, 2.45) is 0 Å². The van der Waals surface area contributed by atoms with Gasteiger partial charge in [-0.25, -0.2) is 0 Å². The van der Waals surface area contributed by atoms with Crippen LogP contribution in [0.5, 0.6) is 0 Å². The quantitative estimate of drug-likeness (QED) is 0.580. The smallest absolute Gasteiger partial charge is 0.0172 e. The number of hydrogen-bond donors (Lipinski definition) is 0. The Hall–Kier alpha value is -0.720. The number of likely N-dealkylation sites (tertiary alicyclic amines) is 1. The molecule has 0 aromatic heterocycles. The first-order valence-corrected chi connectivity index (χ1v) is 4.80. The van der Waals surface area contributed by atoms with Crippen molar-refractivity contribution in [1.82, 2.24) is 4.90 Å². The Bertz CT molecular complexity index is 152. The van der Waals surface area contributed by atoms with Gasteiger partial charge in [0.25, 0.3) is 0 Å². The predicted molar refractivity (Wildman–Crippen MR) is 53.7 cm³/mol. The zero-order valence-corrected chi connectivity index (χ0v) is 7.71. The first-order chi connectivity index (χ1) is 5.93. The average Bonchev–Trinajstić information content (AvgIpc) is 2.14. The number of allylic oxidation sites excluding steroid dienone is 3. The molecule has 0 spiro atoms. The van der Waals surface area contributed by atoms with Crippen LogP contribution in [0.2, 0.25) is 0 Å². The normalized spacial score (nSPS) is 19.6. The Labute approximate surface area is 75.8 Å². The van der Waals surface area contributed by atoms with Crippen LogP contribution in [-0.2, 0) is 0 Å². The third kappa shape index (κ3) is 3.61. The molecule has 1 rings (SSSR count). The molecule has 0 unspecified atom stereocenters. The van der Waals surface area contributed by atoms with Crippen molar-refractivity contribution in [2.45, 2.75) is 25.7 Å². The van der Waals surface area contributed by atoms with Crippen molar-refractivity contribution < 1.29 is 0 Å². The Morgan fingerprint density at radius 1 is 1.08 bits per heavy atom. The molecule has 0 amide bonds. The molecule has 1 radical (unpaired) electrons. The molecule has 1 aliphatic rings. The maximum atomic E-state index is 3.74. The summed E-state index contributed by atoms with van der Waals surface area (Å²) in [5, 5.41) is 0. The van der Waals surface area contributed by atoms with Crippen LogP contribution in [0.25, 0.3) is 0 Å². The molecule has 0 aromatic rings. The van der Waals surface area contributed by atoms with E-state index >= 15 is 0 Å². The van der Waals surface area contributed by atoms with E-state index in [0.29, 0.717) is 0 Å². The summed E-state index contributed by atoms with van der Waals surface area (Å²) in [5.74, 6) is 0.